The van der Waals surface area contributed by atoms with Gasteiger partial charge in [-0.05, 0) is 61.2 Å². The van der Waals surface area contributed by atoms with Gasteiger partial charge in [-0.3, -0.25) is 0 Å². The number of hydrogen-bond donors (Lipinski definition) is 1. The van der Waals surface area contributed by atoms with Crippen LogP contribution in [0.25, 0.3) is 5.69 Å². The number of nitrogens with one attached hydrogen (secondary N) is 1. The van der Waals surface area contributed by atoms with Crippen molar-refractivity contribution in [2.75, 3.05) is 11.9 Å². The zero-order chi connectivity index (χ0) is 17.2. The largest absolute Gasteiger partial charge is 0.370 e. The van der Waals surface area contributed by atoms with Crippen molar-refractivity contribution in [3.8, 4) is 5.69 Å². The lowest BCUT2D eigenvalue weighted by atomic mass is 10.0. The first-order valence-corrected chi connectivity index (χ1v) is 8.56. The first kappa shape index (κ1) is 15.8. The van der Waals surface area contributed by atoms with Gasteiger partial charge in [-0.25, -0.2) is 13.5 Å². The van der Waals surface area contributed by atoms with Crippen LogP contribution in [-0.4, -0.2) is 16.3 Å². The first-order chi connectivity index (χ1) is 12.2. The van der Waals surface area contributed by atoms with Crippen LogP contribution in [0.1, 0.15) is 29.7 Å². The third-order valence-corrected chi connectivity index (χ3v) is 4.57. The number of benzene rings is 2. The summed E-state index contributed by atoms with van der Waals surface area (Å²) in [5.74, 6) is 0.490. The number of nitrogens with zero attached hydrogens (tertiary/aromatic N) is 2. The van der Waals surface area contributed by atoms with E-state index in [1.165, 1.54) is 29.8 Å². The Morgan fingerprint density at radius 3 is 2.32 bits per heavy atom. The highest BCUT2D eigenvalue weighted by Gasteiger charge is 2.20. The predicted molar refractivity (Wildman–Crippen MR) is 94.2 cm³/mol. The minimum atomic E-state index is -0.263. The highest BCUT2D eigenvalue weighted by atomic mass is 19.1. The lowest BCUT2D eigenvalue weighted by Gasteiger charge is -2.09. The van der Waals surface area contributed by atoms with Crippen molar-refractivity contribution in [1.82, 2.24) is 9.78 Å². The summed E-state index contributed by atoms with van der Waals surface area (Å²) in [6.45, 7) is 0.899. The summed E-state index contributed by atoms with van der Waals surface area (Å²) in [6.07, 6.45) is 3.82. The van der Waals surface area contributed by atoms with Crippen LogP contribution < -0.4 is 5.32 Å². The number of rotatable bonds is 3. The summed E-state index contributed by atoms with van der Waals surface area (Å²) in [5, 5.41) is 8.26. The van der Waals surface area contributed by atoms with Crippen molar-refractivity contribution in [2.45, 2.75) is 25.7 Å². The van der Waals surface area contributed by atoms with Crippen molar-refractivity contribution < 1.29 is 8.78 Å². The van der Waals surface area contributed by atoms with Gasteiger partial charge >= 0.3 is 0 Å². The molecule has 0 saturated heterocycles. The smallest absolute Gasteiger partial charge is 0.133 e. The maximum Gasteiger partial charge on any atom is 0.133 e. The molecule has 0 amide bonds. The molecule has 2 aromatic carbocycles. The SMILES string of the molecule is Fc1ccc(Cc2nn(-c3ccc(F)cc3)c3c2CCCCN3)cc1. The van der Waals surface area contributed by atoms with E-state index in [0.717, 1.165) is 48.6 Å². The summed E-state index contributed by atoms with van der Waals surface area (Å²) in [4.78, 5) is 0. The molecule has 0 bridgehead atoms. The molecular weight excluding hydrogens is 320 g/mol. The molecule has 1 aliphatic rings. The van der Waals surface area contributed by atoms with E-state index in [-0.39, 0.29) is 11.6 Å². The van der Waals surface area contributed by atoms with Gasteiger partial charge in [0, 0.05) is 18.5 Å². The molecule has 0 saturated carbocycles. The molecular formula is C20H19F2N3. The topological polar surface area (TPSA) is 29.9 Å². The Labute approximate surface area is 145 Å². The predicted octanol–water partition coefficient (Wildman–Crippen LogP) is 4.49. The Balaban J connectivity index is 1.76. The minimum Gasteiger partial charge on any atom is -0.370 e. The van der Waals surface area contributed by atoms with Gasteiger partial charge in [0.2, 0.25) is 0 Å². The molecule has 0 atom stereocenters. The molecule has 0 radical (unpaired) electrons. The molecule has 0 unspecified atom stereocenters. The molecule has 128 valence electrons. The van der Waals surface area contributed by atoms with Gasteiger partial charge in [0.05, 0.1) is 11.4 Å². The third kappa shape index (κ3) is 3.27. The summed E-state index contributed by atoms with van der Waals surface area (Å²) in [6, 6.07) is 12.9. The van der Waals surface area contributed by atoms with Gasteiger partial charge in [-0.1, -0.05) is 12.1 Å². The standard InChI is InChI=1S/C20H19F2N3/c21-15-6-4-14(5-7-15)13-19-18-3-1-2-12-23-20(18)25(24-19)17-10-8-16(22)9-11-17/h4-11,23H,1-3,12-13H2. The van der Waals surface area contributed by atoms with E-state index in [2.05, 4.69) is 5.32 Å². The fourth-order valence-electron chi connectivity index (χ4n) is 3.28. The normalized spacial score (nSPS) is 13.8. The molecule has 5 heteroatoms. The van der Waals surface area contributed by atoms with Gasteiger partial charge < -0.3 is 5.32 Å². The van der Waals surface area contributed by atoms with Crippen molar-refractivity contribution in [1.29, 1.82) is 0 Å². The van der Waals surface area contributed by atoms with Crippen LogP contribution in [0.15, 0.2) is 48.5 Å². The second-order valence-electron chi connectivity index (χ2n) is 6.35. The van der Waals surface area contributed by atoms with Crippen LogP contribution >= 0.6 is 0 Å². The van der Waals surface area contributed by atoms with Crippen LogP contribution in [0.2, 0.25) is 0 Å². The molecule has 1 N–H and O–H groups in total. The van der Waals surface area contributed by atoms with E-state index in [1.54, 1.807) is 24.3 Å². The van der Waals surface area contributed by atoms with Crippen molar-refractivity contribution in [3.05, 3.63) is 77.0 Å². The quantitative estimate of drug-likeness (QED) is 0.762. The monoisotopic (exact) mass is 339 g/mol. The average molecular weight is 339 g/mol. The lowest BCUT2D eigenvalue weighted by Crippen LogP contribution is -2.07. The Hall–Kier alpha value is -2.69. The fraction of sp³-hybridized carbons (Fsp3) is 0.250. The molecule has 25 heavy (non-hydrogen) atoms. The lowest BCUT2D eigenvalue weighted by molar-refractivity contribution is 0.626. The van der Waals surface area contributed by atoms with Gasteiger partial charge in [0.25, 0.3) is 0 Å². The van der Waals surface area contributed by atoms with E-state index in [0.29, 0.717) is 6.42 Å². The number of halogens is 2. The highest BCUT2D eigenvalue weighted by molar-refractivity contribution is 5.55. The van der Waals surface area contributed by atoms with Gasteiger partial charge in [-0.15, -0.1) is 0 Å². The molecule has 4 rings (SSSR count). The molecule has 3 aromatic rings. The summed E-state index contributed by atoms with van der Waals surface area (Å²) >= 11 is 0. The summed E-state index contributed by atoms with van der Waals surface area (Å²) < 4.78 is 28.3. The third-order valence-electron chi connectivity index (χ3n) is 4.57. The van der Waals surface area contributed by atoms with Crippen LogP contribution in [0, 0.1) is 11.6 Å². The second kappa shape index (κ2) is 6.67. The van der Waals surface area contributed by atoms with Crippen LogP contribution in [0.5, 0.6) is 0 Å². The Bertz CT molecular complexity index is 867. The molecule has 1 aromatic heterocycles. The minimum absolute atomic E-state index is 0.235. The molecule has 0 fully saturated rings. The zero-order valence-corrected chi connectivity index (χ0v) is 13.8. The van der Waals surface area contributed by atoms with Crippen molar-refractivity contribution in [3.63, 3.8) is 0 Å². The number of fused-ring (bicyclic) bond motifs is 1. The summed E-state index contributed by atoms with van der Waals surface area (Å²) in [7, 11) is 0. The maximum absolute atomic E-state index is 13.3. The second-order valence-corrected chi connectivity index (χ2v) is 6.35. The number of aromatic nitrogens is 2. The van der Waals surface area contributed by atoms with Gasteiger partial charge in [-0.2, -0.15) is 5.10 Å². The summed E-state index contributed by atoms with van der Waals surface area (Å²) in [5.41, 5.74) is 4.04. The first-order valence-electron chi connectivity index (χ1n) is 8.56. The van der Waals surface area contributed by atoms with Crippen LogP contribution in [0.4, 0.5) is 14.6 Å². The number of hydrogen-bond acceptors (Lipinski definition) is 2. The van der Waals surface area contributed by atoms with E-state index in [4.69, 9.17) is 5.10 Å². The van der Waals surface area contributed by atoms with Crippen molar-refractivity contribution in [2.24, 2.45) is 0 Å². The van der Waals surface area contributed by atoms with Crippen molar-refractivity contribution >= 4 is 5.82 Å². The number of anilines is 1. The fourth-order valence-corrected chi connectivity index (χ4v) is 3.28. The highest BCUT2D eigenvalue weighted by Crippen LogP contribution is 2.29. The Morgan fingerprint density at radius 1 is 0.920 bits per heavy atom. The molecule has 0 spiro atoms. The van der Waals surface area contributed by atoms with E-state index in [9.17, 15) is 8.78 Å². The van der Waals surface area contributed by atoms with Gasteiger partial charge in [0.15, 0.2) is 0 Å². The molecule has 0 aliphatic carbocycles. The zero-order valence-electron chi connectivity index (χ0n) is 13.8. The maximum atomic E-state index is 13.3. The molecule has 2 heterocycles. The van der Waals surface area contributed by atoms with Gasteiger partial charge in [0.1, 0.15) is 17.5 Å². The Kier molecular flexibility index (Phi) is 4.22. The Morgan fingerprint density at radius 2 is 1.60 bits per heavy atom. The average Bonchev–Trinajstić information content (AvgIpc) is 2.80. The van der Waals surface area contributed by atoms with E-state index < -0.39 is 0 Å². The molecule has 1 aliphatic heterocycles. The van der Waals surface area contributed by atoms with Crippen LogP contribution in [-0.2, 0) is 12.8 Å². The van der Waals surface area contributed by atoms with E-state index >= 15 is 0 Å². The van der Waals surface area contributed by atoms with E-state index in [1.807, 2.05) is 4.68 Å². The van der Waals surface area contributed by atoms with Crippen LogP contribution in [0.3, 0.4) is 0 Å². The molecule has 3 nitrogen and oxygen atoms in total.